The summed E-state index contributed by atoms with van der Waals surface area (Å²) in [5.74, 6) is 0.616. The second-order valence-corrected chi connectivity index (χ2v) is 4.32. The Morgan fingerprint density at radius 1 is 1.35 bits per heavy atom. The number of H-pyrrole nitrogens is 1. The molecule has 0 unspecified atom stereocenters. The van der Waals surface area contributed by atoms with E-state index in [-0.39, 0.29) is 0 Å². The molecule has 0 aliphatic rings. The highest BCUT2D eigenvalue weighted by Gasteiger charge is 2.11. The van der Waals surface area contributed by atoms with E-state index in [4.69, 9.17) is 17.3 Å². The van der Waals surface area contributed by atoms with Crippen LogP contribution < -0.4 is 5.73 Å². The van der Waals surface area contributed by atoms with Crippen LogP contribution in [0.5, 0.6) is 0 Å². The Hall–Kier alpha value is -1.94. The Bertz CT molecular complexity index is 676. The van der Waals surface area contributed by atoms with E-state index in [0.717, 1.165) is 22.2 Å². The fourth-order valence-corrected chi connectivity index (χ4v) is 2.23. The maximum absolute atomic E-state index is 6.37. The third kappa shape index (κ3) is 1.49. The van der Waals surface area contributed by atoms with Gasteiger partial charge in [0.15, 0.2) is 0 Å². The molecule has 1 aromatic carbocycles. The number of hydrogen-bond donors (Lipinski definition) is 2. The number of nitrogens with two attached hydrogens (primary N) is 1. The zero-order valence-corrected chi connectivity index (χ0v) is 9.99. The van der Waals surface area contributed by atoms with Gasteiger partial charge in [-0.3, -0.25) is 4.68 Å². The largest absolute Gasteiger partial charge is 0.384 e. The van der Waals surface area contributed by atoms with Crippen LogP contribution >= 0.6 is 11.6 Å². The van der Waals surface area contributed by atoms with Gasteiger partial charge in [-0.25, -0.2) is 0 Å². The van der Waals surface area contributed by atoms with Crippen molar-refractivity contribution >= 4 is 28.3 Å². The van der Waals surface area contributed by atoms with Gasteiger partial charge in [0.1, 0.15) is 5.82 Å². The molecule has 4 nitrogen and oxygen atoms in total. The lowest BCUT2D eigenvalue weighted by Gasteiger charge is -2.01. The van der Waals surface area contributed by atoms with Gasteiger partial charge in [-0.2, -0.15) is 5.10 Å². The van der Waals surface area contributed by atoms with Gasteiger partial charge in [0.05, 0.1) is 10.7 Å². The van der Waals surface area contributed by atoms with Crippen LogP contribution in [0.1, 0.15) is 0 Å². The van der Waals surface area contributed by atoms with Crippen LogP contribution in [0.15, 0.2) is 30.5 Å². The number of aromatic nitrogens is 3. The first kappa shape index (κ1) is 10.2. The Kier molecular flexibility index (Phi) is 2.12. The van der Waals surface area contributed by atoms with Crippen LogP contribution in [0.3, 0.4) is 0 Å². The maximum atomic E-state index is 6.37. The van der Waals surface area contributed by atoms with Crippen molar-refractivity contribution in [2.75, 3.05) is 5.73 Å². The molecule has 17 heavy (non-hydrogen) atoms. The lowest BCUT2D eigenvalue weighted by Crippen LogP contribution is -1.96. The highest BCUT2D eigenvalue weighted by Crippen LogP contribution is 2.33. The Morgan fingerprint density at radius 2 is 2.18 bits per heavy atom. The van der Waals surface area contributed by atoms with E-state index in [9.17, 15) is 0 Å². The first-order valence-electron chi connectivity index (χ1n) is 5.22. The van der Waals surface area contributed by atoms with E-state index in [1.807, 2.05) is 37.5 Å². The first-order chi connectivity index (χ1) is 8.16. The normalized spacial score (nSPS) is 11.2. The molecule has 0 radical (unpaired) electrons. The van der Waals surface area contributed by atoms with E-state index in [1.165, 1.54) is 0 Å². The molecule has 3 N–H and O–H groups in total. The second kappa shape index (κ2) is 3.53. The Balaban J connectivity index is 2.26. The molecule has 0 bridgehead atoms. The number of fused-ring (bicyclic) bond motifs is 1. The number of aromatic amines is 1. The van der Waals surface area contributed by atoms with Gasteiger partial charge >= 0.3 is 0 Å². The van der Waals surface area contributed by atoms with Gasteiger partial charge in [-0.15, -0.1) is 0 Å². The number of nitrogen functional groups attached to an aromatic ring is 1. The van der Waals surface area contributed by atoms with Crippen LogP contribution in [-0.4, -0.2) is 14.8 Å². The molecule has 0 spiro atoms. The van der Waals surface area contributed by atoms with Crippen LogP contribution in [-0.2, 0) is 7.05 Å². The van der Waals surface area contributed by atoms with E-state index in [0.29, 0.717) is 10.8 Å². The van der Waals surface area contributed by atoms with Gasteiger partial charge in [0, 0.05) is 35.8 Å². The summed E-state index contributed by atoms with van der Waals surface area (Å²) in [5, 5.41) is 6.02. The summed E-state index contributed by atoms with van der Waals surface area (Å²) in [4.78, 5) is 3.12. The van der Waals surface area contributed by atoms with Crippen LogP contribution in [0.25, 0.3) is 22.2 Å². The second-order valence-electron chi connectivity index (χ2n) is 3.94. The molecule has 0 aliphatic carbocycles. The molecular formula is C12H11ClN4. The Morgan fingerprint density at radius 3 is 2.88 bits per heavy atom. The van der Waals surface area contributed by atoms with E-state index < -0.39 is 0 Å². The summed E-state index contributed by atoms with van der Waals surface area (Å²) in [6.45, 7) is 0. The fourth-order valence-electron chi connectivity index (χ4n) is 1.91. The molecule has 0 saturated heterocycles. The maximum Gasteiger partial charge on any atom is 0.121 e. The van der Waals surface area contributed by atoms with Gasteiger partial charge < -0.3 is 10.7 Å². The highest BCUT2D eigenvalue weighted by atomic mass is 35.5. The summed E-state index contributed by atoms with van der Waals surface area (Å²) in [5.41, 5.74) is 8.47. The molecule has 0 aliphatic heterocycles. The third-order valence-electron chi connectivity index (χ3n) is 2.86. The summed E-state index contributed by atoms with van der Waals surface area (Å²) >= 11 is 6.37. The molecule has 5 heteroatoms. The van der Waals surface area contributed by atoms with Crippen molar-refractivity contribution in [2.24, 2.45) is 7.05 Å². The number of nitrogens with zero attached hydrogens (tertiary/aromatic N) is 2. The molecule has 86 valence electrons. The predicted octanol–water partition coefficient (Wildman–Crippen LogP) is 2.80. The molecule has 0 atom stereocenters. The molecule has 0 saturated carbocycles. The SMILES string of the molecule is Cn1nc(-c2ccc3[nH]ccc3c2Cl)cc1N. The minimum absolute atomic E-state index is 0.616. The molecule has 3 rings (SSSR count). The molecular weight excluding hydrogens is 236 g/mol. The molecule has 2 aromatic heterocycles. The van der Waals surface area contributed by atoms with Crippen molar-refractivity contribution in [2.45, 2.75) is 0 Å². The monoisotopic (exact) mass is 246 g/mol. The zero-order valence-electron chi connectivity index (χ0n) is 9.24. The zero-order chi connectivity index (χ0) is 12.0. The average molecular weight is 247 g/mol. The smallest absolute Gasteiger partial charge is 0.121 e. The minimum Gasteiger partial charge on any atom is -0.384 e. The molecule has 3 aromatic rings. The summed E-state index contributed by atoms with van der Waals surface area (Å²) in [6, 6.07) is 7.71. The standard InChI is InChI=1S/C12H11ClN4/c1-17-11(14)6-10(16-17)7-2-3-9-8(12(7)13)4-5-15-9/h2-6,15H,14H2,1H3. The summed E-state index contributed by atoms with van der Waals surface area (Å²) in [7, 11) is 1.81. The van der Waals surface area contributed by atoms with Crippen LogP contribution in [0, 0.1) is 0 Å². The van der Waals surface area contributed by atoms with Crippen LogP contribution in [0.4, 0.5) is 5.82 Å². The minimum atomic E-state index is 0.616. The summed E-state index contributed by atoms with van der Waals surface area (Å²) < 4.78 is 1.63. The van der Waals surface area contributed by atoms with Gasteiger partial charge in [0.2, 0.25) is 0 Å². The van der Waals surface area contributed by atoms with E-state index >= 15 is 0 Å². The van der Waals surface area contributed by atoms with E-state index in [2.05, 4.69) is 10.1 Å². The Labute approximate surface area is 103 Å². The number of hydrogen-bond acceptors (Lipinski definition) is 2. The first-order valence-corrected chi connectivity index (χ1v) is 5.60. The van der Waals surface area contributed by atoms with Crippen molar-refractivity contribution in [3.8, 4) is 11.3 Å². The average Bonchev–Trinajstić information content (AvgIpc) is 2.88. The van der Waals surface area contributed by atoms with Gasteiger partial charge in [0.25, 0.3) is 0 Å². The van der Waals surface area contributed by atoms with Gasteiger partial charge in [-0.05, 0) is 18.2 Å². The molecule has 0 amide bonds. The van der Waals surface area contributed by atoms with Crippen molar-refractivity contribution in [1.29, 1.82) is 0 Å². The summed E-state index contributed by atoms with van der Waals surface area (Å²) in [6.07, 6.45) is 1.87. The molecule has 0 fully saturated rings. The van der Waals surface area contributed by atoms with Crippen molar-refractivity contribution < 1.29 is 0 Å². The number of nitrogens with one attached hydrogen (secondary N) is 1. The highest BCUT2D eigenvalue weighted by molar-refractivity contribution is 6.38. The number of anilines is 1. The number of benzene rings is 1. The number of halogens is 1. The lowest BCUT2D eigenvalue weighted by molar-refractivity contribution is 0.782. The molecule has 2 heterocycles. The predicted molar refractivity (Wildman–Crippen MR) is 69.9 cm³/mol. The number of rotatable bonds is 1. The van der Waals surface area contributed by atoms with Crippen LogP contribution in [0.2, 0.25) is 5.02 Å². The quantitative estimate of drug-likeness (QED) is 0.694. The van der Waals surface area contributed by atoms with Crippen molar-refractivity contribution in [3.05, 3.63) is 35.5 Å². The van der Waals surface area contributed by atoms with Gasteiger partial charge in [-0.1, -0.05) is 11.6 Å². The lowest BCUT2D eigenvalue weighted by atomic mass is 10.1. The van der Waals surface area contributed by atoms with Crippen molar-refractivity contribution in [1.82, 2.24) is 14.8 Å². The number of aryl methyl sites for hydroxylation is 1. The fraction of sp³-hybridized carbons (Fsp3) is 0.0833. The van der Waals surface area contributed by atoms with Crippen molar-refractivity contribution in [3.63, 3.8) is 0 Å². The third-order valence-corrected chi connectivity index (χ3v) is 3.27. The van der Waals surface area contributed by atoms with E-state index in [1.54, 1.807) is 4.68 Å². The topological polar surface area (TPSA) is 59.6 Å².